The number of phenols is 1. The molecule has 2 rings (SSSR count). The van der Waals surface area contributed by atoms with E-state index in [0.29, 0.717) is 11.1 Å². The van der Waals surface area contributed by atoms with Crippen LogP contribution in [0.1, 0.15) is 21.5 Å². The van der Waals surface area contributed by atoms with Gasteiger partial charge in [0.05, 0.1) is 12.8 Å². The van der Waals surface area contributed by atoms with E-state index in [1.165, 1.54) is 12.3 Å². The van der Waals surface area contributed by atoms with Gasteiger partial charge < -0.3 is 10.4 Å². The first-order chi connectivity index (χ1) is 11.5. The molecule has 6 nitrogen and oxygen atoms in total. The number of phenolic OH excluding ortho intramolecular Hbond substituents is 1. The summed E-state index contributed by atoms with van der Waals surface area (Å²) in [6.45, 7) is 1.73. The summed E-state index contributed by atoms with van der Waals surface area (Å²) in [5.74, 6) is -0.760. The summed E-state index contributed by atoms with van der Waals surface area (Å²) in [6, 6.07) is 11.9. The number of hydrogen-bond donors (Lipinski definition) is 3. The summed E-state index contributed by atoms with van der Waals surface area (Å²) < 4.78 is 0.776. The van der Waals surface area contributed by atoms with Crippen molar-refractivity contribution in [2.24, 2.45) is 5.10 Å². The number of hydrazone groups is 1. The SMILES string of the molecule is Cc1ccc(C(=O)NCC(=O)N/N=C\c2cc(Br)ccc2O)cc1. The largest absolute Gasteiger partial charge is 0.507 e. The lowest BCUT2D eigenvalue weighted by Gasteiger charge is -2.04. The average molecular weight is 390 g/mol. The first-order valence-electron chi connectivity index (χ1n) is 7.11. The number of nitrogens with zero attached hydrogens (tertiary/aromatic N) is 1. The fourth-order valence-corrected chi connectivity index (χ4v) is 2.19. The van der Waals surface area contributed by atoms with E-state index in [-0.39, 0.29) is 18.2 Å². The topological polar surface area (TPSA) is 90.8 Å². The summed E-state index contributed by atoms with van der Waals surface area (Å²) in [5.41, 5.74) is 4.27. The van der Waals surface area contributed by atoms with Crippen molar-refractivity contribution in [3.05, 3.63) is 63.6 Å². The molecule has 0 atom stereocenters. The number of carbonyl (C=O) groups excluding carboxylic acids is 2. The second kappa shape index (κ2) is 8.26. The van der Waals surface area contributed by atoms with E-state index in [1.807, 2.05) is 19.1 Å². The summed E-state index contributed by atoms with van der Waals surface area (Å²) in [4.78, 5) is 23.5. The maximum Gasteiger partial charge on any atom is 0.259 e. The van der Waals surface area contributed by atoms with E-state index in [9.17, 15) is 14.7 Å². The van der Waals surface area contributed by atoms with Gasteiger partial charge in [0.25, 0.3) is 11.8 Å². The van der Waals surface area contributed by atoms with E-state index in [4.69, 9.17) is 0 Å². The number of aryl methyl sites for hydroxylation is 1. The Kier molecular flexibility index (Phi) is 6.08. The molecule has 2 aromatic rings. The van der Waals surface area contributed by atoms with Gasteiger partial charge in [0.1, 0.15) is 5.75 Å². The molecule has 0 aromatic heterocycles. The Morgan fingerprint density at radius 1 is 1.21 bits per heavy atom. The molecular formula is C17H16BrN3O3. The van der Waals surface area contributed by atoms with Crippen molar-refractivity contribution in [2.75, 3.05) is 6.54 Å². The normalized spacial score (nSPS) is 10.6. The third-order valence-electron chi connectivity index (χ3n) is 3.11. The molecule has 124 valence electrons. The van der Waals surface area contributed by atoms with Crippen LogP contribution in [0.4, 0.5) is 0 Å². The molecule has 0 radical (unpaired) electrons. The van der Waals surface area contributed by atoms with Crippen molar-refractivity contribution < 1.29 is 14.7 Å². The number of nitrogens with one attached hydrogen (secondary N) is 2. The van der Waals surface area contributed by atoms with Gasteiger partial charge in [0, 0.05) is 15.6 Å². The highest BCUT2D eigenvalue weighted by Gasteiger charge is 2.07. The van der Waals surface area contributed by atoms with Crippen molar-refractivity contribution in [1.82, 2.24) is 10.7 Å². The highest BCUT2D eigenvalue weighted by atomic mass is 79.9. The van der Waals surface area contributed by atoms with Crippen LogP contribution in [0.3, 0.4) is 0 Å². The van der Waals surface area contributed by atoms with Gasteiger partial charge in [-0.1, -0.05) is 33.6 Å². The van der Waals surface area contributed by atoms with Gasteiger partial charge in [0.2, 0.25) is 0 Å². The molecule has 0 saturated heterocycles. The molecule has 0 heterocycles. The molecule has 0 fully saturated rings. The maximum absolute atomic E-state index is 11.9. The summed E-state index contributed by atoms with van der Waals surface area (Å²) in [7, 11) is 0. The first-order valence-corrected chi connectivity index (χ1v) is 7.90. The lowest BCUT2D eigenvalue weighted by atomic mass is 10.1. The molecule has 0 bridgehead atoms. The highest BCUT2D eigenvalue weighted by Crippen LogP contribution is 2.19. The van der Waals surface area contributed by atoms with Crippen LogP contribution in [0.5, 0.6) is 5.75 Å². The minimum atomic E-state index is -0.471. The molecule has 3 N–H and O–H groups in total. The predicted molar refractivity (Wildman–Crippen MR) is 95.1 cm³/mol. The Bertz CT molecular complexity index is 773. The monoisotopic (exact) mass is 389 g/mol. The Morgan fingerprint density at radius 2 is 1.92 bits per heavy atom. The van der Waals surface area contributed by atoms with Crippen molar-refractivity contribution in [1.29, 1.82) is 0 Å². The molecule has 0 aliphatic heterocycles. The van der Waals surface area contributed by atoms with Crippen molar-refractivity contribution in [3.8, 4) is 5.75 Å². The van der Waals surface area contributed by atoms with E-state index < -0.39 is 5.91 Å². The van der Waals surface area contributed by atoms with Gasteiger partial charge >= 0.3 is 0 Å². The zero-order valence-electron chi connectivity index (χ0n) is 12.9. The van der Waals surface area contributed by atoms with Crippen LogP contribution in [0.15, 0.2) is 52.0 Å². The minimum Gasteiger partial charge on any atom is -0.507 e. The van der Waals surface area contributed by atoms with Crippen LogP contribution in [-0.4, -0.2) is 29.7 Å². The molecule has 0 aliphatic rings. The van der Waals surface area contributed by atoms with Crippen molar-refractivity contribution >= 4 is 34.0 Å². The van der Waals surface area contributed by atoms with Gasteiger partial charge in [0.15, 0.2) is 0 Å². The fraction of sp³-hybridized carbons (Fsp3) is 0.118. The quantitative estimate of drug-likeness (QED) is 0.541. The van der Waals surface area contributed by atoms with Gasteiger partial charge in [-0.25, -0.2) is 5.43 Å². The zero-order valence-corrected chi connectivity index (χ0v) is 14.5. The van der Waals surface area contributed by atoms with E-state index in [0.717, 1.165) is 10.0 Å². The van der Waals surface area contributed by atoms with Crippen LogP contribution >= 0.6 is 15.9 Å². The molecule has 7 heteroatoms. The zero-order chi connectivity index (χ0) is 17.5. The number of hydrogen-bond acceptors (Lipinski definition) is 4. The third-order valence-corrected chi connectivity index (χ3v) is 3.60. The number of amides is 2. The summed E-state index contributed by atoms with van der Waals surface area (Å²) in [5, 5.41) is 15.9. The van der Waals surface area contributed by atoms with Crippen LogP contribution < -0.4 is 10.7 Å². The smallest absolute Gasteiger partial charge is 0.259 e. The van der Waals surface area contributed by atoms with Gasteiger partial charge in [-0.05, 0) is 37.3 Å². The van der Waals surface area contributed by atoms with Crippen LogP contribution in [0.2, 0.25) is 0 Å². The molecule has 0 spiro atoms. The standard InChI is InChI=1S/C17H16BrN3O3/c1-11-2-4-12(5-3-11)17(24)19-10-16(23)21-20-9-13-8-14(18)6-7-15(13)22/h2-9,22H,10H2,1H3,(H,19,24)(H,21,23)/b20-9-. The maximum atomic E-state index is 11.9. The molecule has 2 amide bonds. The summed E-state index contributed by atoms with van der Waals surface area (Å²) >= 11 is 3.28. The van der Waals surface area contributed by atoms with Crippen molar-refractivity contribution in [2.45, 2.75) is 6.92 Å². The second-order valence-corrected chi connectivity index (χ2v) is 5.96. The van der Waals surface area contributed by atoms with E-state index in [2.05, 4.69) is 31.8 Å². The first kappa shape index (κ1) is 17.7. The Morgan fingerprint density at radius 3 is 2.62 bits per heavy atom. The predicted octanol–water partition coefficient (Wildman–Crippen LogP) is 2.34. The molecule has 0 unspecified atom stereocenters. The Hall–Kier alpha value is -2.67. The van der Waals surface area contributed by atoms with Crippen LogP contribution in [-0.2, 0) is 4.79 Å². The number of benzene rings is 2. The highest BCUT2D eigenvalue weighted by molar-refractivity contribution is 9.10. The molecule has 0 aliphatic carbocycles. The lowest BCUT2D eigenvalue weighted by molar-refractivity contribution is -0.120. The average Bonchev–Trinajstić information content (AvgIpc) is 2.56. The van der Waals surface area contributed by atoms with Crippen LogP contribution in [0.25, 0.3) is 0 Å². The fourth-order valence-electron chi connectivity index (χ4n) is 1.81. The lowest BCUT2D eigenvalue weighted by Crippen LogP contribution is -2.34. The molecule has 0 saturated carbocycles. The third kappa shape index (κ3) is 5.20. The Balaban J connectivity index is 1.83. The number of aromatic hydroxyl groups is 1. The molecule has 24 heavy (non-hydrogen) atoms. The Labute approximate surface area is 147 Å². The molecule has 2 aromatic carbocycles. The second-order valence-electron chi connectivity index (χ2n) is 5.05. The van der Waals surface area contributed by atoms with E-state index >= 15 is 0 Å². The van der Waals surface area contributed by atoms with Gasteiger partial charge in [-0.3, -0.25) is 9.59 Å². The van der Waals surface area contributed by atoms with Crippen LogP contribution in [0, 0.1) is 6.92 Å². The number of rotatable bonds is 5. The van der Waals surface area contributed by atoms with Crippen molar-refractivity contribution in [3.63, 3.8) is 0 Å². The number of carbonyl (C=O) groups is 2. The molecular weight excluding hydrogens is 374 g/mol. The number of halogens is 1. The van der Waals surface area contributed by atoms with Gasteiger partial charge in [-0.2, -0.15) is 5.10 Å². The summed E-state index contributed by atoms with van der Waals surface area (Å²) in [6.07, 6.45) is 1.32. The van der Waals surface area contributed by atoms with Gasteiger partial charge in [-0.15, -0.1) is 0 Å². The minimum absolute atomic E-state index is 0.0453. The van der Waals surface area contributed by atoms with E-state index in [1.54, 1.807) is 24.3 Å².